The predicted molar refractivity (Wildman–Crippen MR) is 86.0 cm³/mol. The van der Waals surface area contributed by atoms with Crippen molar-refractivity contribution in [2.24, 2.45) is 0 Å². The van der Waals surface area contributed by atoms with Crippen molar-refractivity contribution < 1.29 is 14.7 Å². The van der Waals surface area contributed by atoms with Crippen LogP contribution in [0.3, 0.4) is 0 Å². The number of carboxylic acid groups (broad SMARTS) is 1. The molecule has 2 atom stereocenters. The van der Waals surface area contributed by atoms with E-state index >= 15 is 0 Å². The fraction of sp³-hybridized carbons (Fsp3) is 0.571. The van der Waals surface area contributed by atoms with Gasteiger partial charge in [-0.15, -0.1) is 11.3 Å². The molecule has 0 aromatic carbocycles. The molecule has 2 unspecified atom stereocenters. The molecule has 21 heavy (non-hydrogen) atoms. The number of urea groups is 1. The van der Waals surface area contributed by atoms with Crippen molar-refractivity contribution in [3.05, 3.63) is 22.4 Å². The summed E-state index contributed by atoms with van der Waals surface area (Å²) in [6.45, 7) is 2.56. The van der Waals surface area contributed by atoms with Crippen molar-refractivity contribution >= 4 is 35.1 Å². The lowest BCUT2D eigenvalue weighted by Crippen LogP contribution is -2.54. The highest BCUT2D eigenvalue weighted by atomic mass is 32.2. The maximum atomic E-state index is 12.4. The van der Waals surface area contributed by atoms with Crippen LogP contribution in [-0.4, -0.2) is 46.1 Å². The lowest BCUT2D eigenvalue weighted by Gasteiger charge is -2.33. The van der Waals surface area contributed by atoms with Crippen LogP contribution >= 0.6 is 23.1 Å². The maximum absolute atomic E-state index is 12.4. The first-order valence-corrected chi connectivity index (χ1v) is 9.08. The number of carbonyl (C=O) groups excluding carboxylic acids is 1. The lowest BCUT2D eigenvalue weighted by molar-refractivity contribution is -0.141. The number of amides is 2. The molecule has 1 fully saturated rings. The van der Waals surface area contributed by atoms with Crippen LogP contribution in [-0.2, 0) is 4.79 Å². The highest BCUT2D eigenvalue weighted by Crippen LogP contribution is 2.24. The Bertz CT molecular complexity index is 479. The SMILES string of the molecule is CCCC(NC(=O)N1CCSCC1C(=O)O)c1cccs1. The largest absolute Gasteiger partial charge is 0.480 e. The molecule has 5 nitrogen and oxygen atoms in total. The first kappa shape index (κ1) is 16.2. The number of nitrogens with one attached hydrogen (secondary N) is 1. The molecule has 1 aromatic rings. The number of carboxylic acids is 1. The number of thiophene rings is 1. The van der Waals surface area contributed by atoms with E-state index in [1.807, 2.05) is 17.5 Å². The molecule has 2 amide bonds. The van der Waals surface area contributed by atoms with Crippen LogP contribution in [0.25, 0.3) is 0 Å². The highest BCUT2D eigenvalue weighted by Gasteiger charge is 2.33. The van der Waals surface area contributed by atoms with Crippen molar-refractivity contribution in [2.75, 3.05) is 18.1 Å². The van der Waals surface area contributed by atoms with Crippen LogP contribution < -0.4 is 5.32 Å². The molecule has 1 aliphatic rings. The molecule has 1 aliphatic heterocycles. The van der Waals surface area contributed by atoms with E-state index in [0.717, 1.165) is 23.5 Å². The summed E-state index contributed by atoms with van der Waals surface area (Å²) >= 11 is 3.19. The van der Waals surface area contributed by atoms with Gasteiger partial charge in [-0.05, 0) is 17.9 Å². The fourth-order valence-electron chi connectivity index (χ4n) is 2.35. The maximum Gasteiger partial charge on any atom is 0.327 e. The fourth-order valence-corrected chi connectivity index (χ4v) is 4.20. The van der Waals surface area contributed by atoms with E-state index < -0.39 is 12.0 Å². The minimum atomic E-state index is -0.930. The molecule has 1 saturated heterocycles. The molecular formula is C14H20N2O3S2. The van der Waals surface area contributed by atoms with Crippen LogP contribution in [0, 0.1) is 0 Å². The third-order valence-electron chi connectivity index (χ3n) is 3.44. The molecule has 116 valence electrons. The molecular weight excluding hydrogens is 308 g/mol. The number of hydrogen-bond donors (Lipinski definition) is 2. The summed E-state index contributed by atoms with van der Waals surface area (Å²) in [6, 6.07) is 2.94. The number of nitrogens with zero attached hydrogens (tertiary/aromatic N) is 1. The standard InChI is InChI=1S/C14H20N2O3S2/c1-2-4-10(12-5-3-7-21-12)15-14(19)16-6-8-20-9-11(16)13(17)18/h3,5,7,10-11H,2,4,6,8-9H2,1H3,(H,15,19)(H,17,18). The Morgan fingerprint density at radius 1 is 1.57 bits per heavy atom. The Morgan fingerprint density at radius 2 is 2.38 bits per heavy atom. The normalized spacial score (nSPS) is 20.0. The first-order chi connectivity index (χ1) is 10.1. The average molecular weight is 328 g/mol. The summed E-state index contributed by atoms with van der Waals surface area (Å²) < 4.78 is 0. The van der Waals surface area contributed by atoms with Crippen molar-refractivity contribution in [1.29, 1.82) is 0 Å². The van der Waals surface area contributed by atoms with Crippen molar-refractivity contribution in [3.8, 4) is 0 Å². The predicted octanol–water partition coefficient (Wildman–Crippen LogP) is 2.80. The molecule has 1 aromatic heterocycles. The number of hydrogen-bond acceptors (Lipinski definition) is 4. The topological polar surface area (TPSA) is 69.6 Å². The van der Waals surface area contributed by atoms with Crippen LogP contribution in [0.4, 0.5) is 4.79 Å². The van der Waals surface area contributed by atoms with E-state index in [9.17, 15) is 14.7 Å². The minimum absolute atomic E-state index is 0.0356. The number of carbonyl (C=O) groups is 2. The molecule has 2 heterocycles. The zero-order chi connectivity index (χ0) is 15.2. The molecule has 0 radical (unpaired) electrons. The molecule has 7 heteroatoms. The van der Waals surface area contributed by atoms with Crippen molar-refractivity contribution in [3.63, 3.8) is 0 Å². The molecule has 0 spiro atoms. The second-order valence-electron chi connectivity index (χ2n) is 4.93. The van der Waals surface area contributed by atoms with Gasteiger partial charge in [0.1, 0.15) is 6.04 Å². The van der Waals surface area contributed by atoms with Gasteiger partial charge in [-0.1, -0.05) is 19.4 Å². The first-order valence-electron chi connectivity index (χ1n) is 7.04. The van der Waals surface area contributed by atoms with E-state index in [1.165, 1.54) is 4.90 Å². The minimum Gasteiger partial charge on any atom is -0.480 e. The summed E-state index contributed by atoms with van der Waals surface area (Å²) in [5.74, 6) is 0.315. The van der Waals surface area contributed by atoms with Crippen LogP contribution in [0.1, 0.15) is 30.7 Å². The van der Waals surface area contributed by atoms with Gasteiger partial charge in [0.25, 0.3) is 0 Å². The van der Waals surface area contributed by atoms with E-state index in [0.29, 0.717) is 12.3 Å². The molecule has 2 rings (SSSR count). The van der Waals surface area contributed by atoms with E-state index in [4.69, 9.17) is 0 Å². The van der Waals surface area contributed by atoms with Crippen molar-refractivity contribution in [1.82, 2.24) is 10.2 Å². The number of aliphatic carboxylic acids is 1. The van der Waals surface area contributed by atoms with Gasteiger partial charge >= 0.3 is 12.0 Å². The van der Waals surface area contributed by atoms with Gasteiger partial charge in [0.15, 0.2) is 0 Å². The van der Waals surface area contributed by atoms with E-state index in [1.54, 1.807) is 23.1 Å². The Hall–Kier alpha value is -1.21. The monoisotopic (exact) mass is 328 g/mol. The molecule has 0 aliphatic carbocycles. The van der Waals surface area contributed by atoms with Gasteiger partial charge in [0.05, 0.1) is 6.04 Å². The average Bonchev–Trinajstić information content (AvgIpc) is 3.00. The van der Waals surface area contributed by atoms with Crippen molar-refractivity contribution in [2.45, 2.75) is 31.8 Å². The van der Waals surface area contributed by atoms with E-state index in [2.05, 4.69) is 12.2 Å². The second kappa shape index (κ2) is 7.70. The molecule has 0 bridgehead atoms. The van der Waals surface area contributed by atoms with Crippen LogP contribution in [0.2, 0.25) is 0 Å². The Morgan fingerprint density at radius 3 is 3.00 bits per heavy atom. The summed E-state index contributed by atoms with van der Waals surface area (Å²) in [4.78, 5) is 26.3. The molecule has 2 N–H and O–H groups in total. The van der Waals surface area contributed by atoms with Gasteiger partial charge in [-0.25, -0.2) is 9.59 Å². The number of thioether (sulfide) groups is 1. The summed E-state index contributed by atoms with van der Waals surface area (Å²) in [5, 5.41) is 14.2. The third-order valence-corrected chi connectivity index (χ3v) is 5.44. The quantitative estimate of drug-likeness (QED) is 0.872. The summed E-state index contributed by atoms with van der Waals surface area (Å²) in [6.07, 6.45) is 1.81. The zero-order valence-corrected chi connectivity index (χ0v) is 13.6. The summed E-state index contributed by atoms with van der Waals surface area (Å²) in [5.41, 5.74) is 0. The van der Waals surface area contributed by atoms with E-state index in [-0.39, 0.29) is 12.1 Å². The van der Waals surface area contributed by atoms with Gasteiger partial charge in [0, 0.05) is 22.9 Å². The zero-order valence-electron chi connectivity index (χ0n) is 11.9. The van der Waals surface area contributed by atoms with Crippen LogP contribution in [0.5, 0.6) is 0 Å². The third kappa shape index (κ3) is 4.14. The number of rotatable bonds is 5. The summed E-state index contributed by atoms with van der Waals surface area (Å²) in [7, 11) is 0. The Balaban J connectivity index is 2.05. The Labute approximate surface area is 132 Å². The van der Waals surface area contributed by atoms with Gasteiger partial charge in [0.2, 0.25) is 0 Å². The second-order valence-corrected chi connectivity index (χ2v) is 7.06. The van der Waals surface area contributed by atoms with Gasteiger partial charge in [-0.2, -0.15) is 11.8 Å². The van der Waals surface area contributed by atoms with Crippen LogP contribution in [0.15, 0.2) is 17.5 Å². The Kier molecular flexibility index (Phi) is 5.93. The van der Waals surface area contributed by atoms with Gasteiger partial charge < -0.3 is 15.3 Å². The molecule has 0 saturated carbocycles. The lowest BCUT2D eigenvalue weighted by atomic mass is 10.1. The highest BCUT2D eigenvalue weighted by molar-refractivity contribution is 7.99. The van der Waals surface area contributed by atoms with Gasteiger partial charge in [-0.3, -0.25) is 0 Å². The smallest absolute Gasteiger partial charge is 0.327 e.